The average molecular weight is 305 g/mol. The van der Waals surface area contributed by atoms with E-state index in [1.165, 1.54) is 32.1 Å². The second-order valence-corrected chi connectivity index (χ2v) is 6.26. The molecule has 1 unspecified atom stereocenters. The smallest absolute Gasteiger partial charge is 0.217 e. The monoisotopic (exact) mass is 305 g/mol. The number of benzene rings is 1. The number of amides is 1. The van der Waals surface area contributed by atoms with Gasteiger partial charge in [-0.05, 0) is 49.3 Å². The molecule has 0 bridgehead atoms. The highest BCUT2D eigenvalue weighted by Crippen LogP contribution is 2.26. The van der Waals surface area contributed by atoms with Gasteiger partial charge in [0, 0.05) is 6.42 Å². The van der Waals surface area contributed by atoms with E-state index in [0.29, 0.717) is 25.2 Å². The third-order valence-corrected chi connectivity index (χ3v) is 4.35. The quantitative estimate of drug-likeness (QED) is 0.773. The molecular weight excluding hydrogens is 278 g/mol. The normalized spacial score (nSPS) is 17.1. The van der Waals surface area contributed by atoms with Gasteiger partial charge in [0.2, 0.25) is 5.91 Å². The highest BCUT2D eigenvalue weighted by Gasteiger charge is 2.14. The highest BCUT2D eigenvalue weighted by atomic mass is 16.5. The van der Waals surface area contributed by atoms with Gasteiger partial charge in [-0.25, -0.2) is 0 Å². The number of nitrogens with two attached hydrogens (primary N) is 1. The molecule has 3 N–H and O–H groups in total. The van der Waals surface area contributed by atoms with Crippen molar-refractivity contribution in [3.63, 3.8) is 0 Å². The molecule has 1 fully saturated rings. The van der Waals surface area contributed by atoms with Gasteiger partial charge in [-0.15, -0.1) is 0 Å². The molecule has 4 nitrogen and oxygen atoms in total. The molecule has 1 aliphatic rings. The number of carbonyl (C=O) groups excluding carboxylic acids is 1. The van der Waals surface area contributed by atoms with Gasteiger partial charge in [0.25, 0.3) is 0 Å². The minimum absolute atomic E-state index is 0.314. The van der Waals surface area contributed by atoms with Crippen LogP contribution in [0.1, 0.15) is 63.0 Å². The lowest BCUT2D eigenvalue weighted by Gasteiger charge is -2.22. The first-order valence-electron chi connectivity index (χ1n) is 8.34. The Morgan fingerprint density at radius 1 is 1.32 bits per heavy atom. The fourth-order valence-corrected chi connectivity index (χ4v) is 3.02. The molecule has 1 aromatic carbocycles. The third kappa shape index (κ3) is 5.68. The van der Waals surface area contributed by atoms with Gasteiger partial charge in [-0.2, -0.15) is 0 Å². The molecule has 0 aromatic heterocycles. The number of hydrogen-bond donors (Lipinski definition) is 2. The van der Waals surface area contributed by atoms with Crippen LogP contribution in [0.25, 0.3) is 0 Å². The van der Waals surface area contributed by atoms with Crippen molar-refractivity contribution >= 4 is 5.91 Å². The summed E-state index contributed by atoms with van der Waals surface area (Å²) in [6, 6.07) is 7.63. The van der Waals surface area contributed by atoms with Crippen LogP contribution >= 0.6 is 0 Å². The minimum Gasteiger partial charge on any atom is -0.493 e. The summed E-state index contributed by atoms with van der Waals surface area (Å²) in [5.74, 6) is 1.16. The van der Waals surface area contributed by atoms with E-state index in [1.54, 1.807) is 0 Å². The predicted octanol–water partition coefficient (Wildman–Crippen LogP) is 3.33. The standard InChI is InChI=1S/C18H27NO3/c19-18(21)11-5-10-17(20)15-8-4-9-16(12-15)22-13-14-6-2-1-3-7-14/h4,8-9,12,14,17,20H,1-3,5-7,10-11,13H2,(H2,19,21). The molecule has 1 amide bonds. The summed E-state index contributed by atoms with van der Waals surface area (Å²) in [5, 5.41) is 10.2. The van der Waals surface area contributed by atoms with E-state index < -0.39 is 6.10 Å². The van der Waals surface area contributed by atoms with Crippen LogP contribution in [0.5, 0.6) is 5.75 Å². The Morgan fingerprint density at radius 3 is 2.82 bits per heavy atom. The number of carbonyl (C=O) groups is 1. The van der Waals surface area contributed by atoms with Crippen LogP contribution in [-0.4, -0.2) is 17.6 Å². The van der Waals surface area contributed by atoms with E-state index >= 15 is 0 Å². The number of rotatable bonds is 8. The maximum absolute atomic E-state index is 10.7. The average Bonchev–Trinajstić information content (AvgIpc) is 2.54. The zero-order valence-corrected chi connectivity index (χ0v) is 13.2. The molecule has 0 aliphatic heterocycles. The molecule has 1 saturated carbocycles. The number of aliphatic hydroxyl groups is 1. The van der Waals surface area contributed by atoms with Gasteiger partial charge in [-0.3, -0.25) is 4.79 Å². The fraction of sp³-hybridized carbons (Fsp3) is 0.611. The molecule has 0 spiro atoms. The van der Waals surface area contributed by atoms with E-state index in [4.69, 9.17) is 10.5 Å². The molecule has 2 rings (SSSR count). The molecule has 122 valence electrons. The van der Waals surface area contributed by atoms with Gasteiger partial charge in [-0.1, -0.05) is 31.4 Å². The van der Waals surface area contributed by atoms with E-state index in [2.05, 4.69) is 0 Å². The molecule has 1 atom stereocenters. The molecule has 0 saturated heterocycles. The number of hydrogen-bond acceptors (Lipinski definition) is 3. The summed E-state index contributed by atoms with van der Waals surface area (Å²) in [7, 11) is 0. The predicted molar refractivity (Wildman–Crippen MR) is 86.5 cm³/mol. The Morgan fingerprint density at radius 2 is 2.09 bits per heavy atom. The van der Waals surface area contributed by atoms with Crippen molar-refractivity contribution < 1.29 is 14.6 Å². The third-order valence-electron chi connectivity index (χ3n) is 4.35. The van der Waals surface area contributed by atoms with Crippen molar-refractivity contribution in [2.75, 3.05) is 6.61 Å². The zero-order valence-electron chi connectivity index (χ0n) is 13.2. The Kier molecular flexibility index (Phi) is 6.72. The van der Waals surface area contributed by atoms with Crippen molar-refractivity contribution in [2.24, 2.45) is 11.7 Å². The summed E-state index contributed by atoms with van der Waals surface area (Å²) in [6.07, 6.45) is 7.37. The number of primary amides is 1. The lowest BCUT2D eigenvalue weighted by molar-refractivity contribution is -0.118. The largest absolute Gasteiger partial charge is 0.493 e. The molecular formula is C18H27NO3. The van der Waals surface area contributed by atoms with Crippen molar-refractivity contribution in [1.29, 1.82) is 0 Å². The summed E-state index contributed by atoms with van der Waals surface area (Å²) in [6.45, 7) is 0.765. The Labute approximate surface area is 132 Å². The first-order chi connectivity index (χ1) is 10.6. The molecule has 4 heteroatoms. The van der Waals surface area contributed by atoms with E-state index in [0.717, 1.165) is 17.9 Å². The number of aliphatic hydroxyl groups excluding tert-OH is 1. The topological polar surface area (TPSA) is 72.6 Å². The first-order valence-corrected chi connectivity index (χ1v) is 8.34. The summed E-state index contributed by atoms with van der Waals surface area (Å²) in [4.78, 5) is 10.7. The highest BCUT2D eigenvalue weighted by molar-refractivity contribution is 5.73. The molecule has 0 heterocycles. The SMILES string of the molecule is NC(=O)CCCC(O)c1cccc(OCC2CCCCC2)c1. The van der Waals surface area contributed by atoms with Crippen molar-refractivity contribution in [3.8, 4) is 5.75 Å². The first kappa shape index (κ1) is 16.8. The summed E-state index contributed by atoms with van der Waals surface area (Å²) >= 11 is 0. The molecule has 22 heavy (non-hydrogen) atoms. The van der Waals surface area contributed by atoms with E-state index in [9.17, 15) is 9.90 Å². The maximum atomic E-state index is 10.7. The van der Waals surface area contributed by atoms with Crippen LogP contribution in [0.4, 0.5) is 0 Å². The maximum Gasteiger partial charge on any atom is 0.217 e. The van der Waals surface area contributed by atoms with Crippen LogP contribution in [-0.2, 0) is 4.79 Å². The van der Waals surface area contributed by atoms with Crippen molar-refractivity contribution in [3.05, 3.63) is 29.8 Å². The van der Waals surface area contributed by atoms with Gasteiger partial charge in [0.1, 0.15) is 5.75 Å². The summed E-state index contributed by atoms with van der Waals surface area (Å²) in [5.41, 5.74) is 5.95. The molecule has 1 aromatic rings. The van der Waals surface area contributed by atoms with Crippen LogP contribution in [0.15, 0.2) is 24.3 Å². The Hall–Kier alpha value is -1.55. The van der Waals surface area contributed by atoms with Crippen molar-refractivity contribution in [2.45, 2.75) is 57.5 Å². The zero-order chi connectivity index (χ0) is 15.8. The fourth-order valence-electron chi connectivity index (χ4n) is 3.02. The minimum atomic E-state index is -0.572. The Balaban J connectivity index is 1.81. The molecule has 1 aliphatic carbocycles. The molecule has 0 radical (unpaired) electrons. The van der Waals surface area contributed by atoms with Gasteiger partial charge in [0.05, 0.1) is 12.7 Å². The van der Waals surface area contributed by atoms with Crippen LogP contribution in [0.2, 0.25) is 0 Å². The van der Waals surface area contributed by atoms with Crippen LogP contribution in [0.3, 0.4) is 0 Å². The van der Waals surface area contributed by atoms with E-state index in [1.807, 2.05) is 24.3 Å². The number of ether oxygens (including phenoxy) is 1. The van der Waals surface area contributed by atoms with Crippen LogP contribution < -0.4 is 10.5 Å². The summed E-state index contributed by atoms with van der Waals surface area (Å²) < 4.78 is 5.89. The van der Waals surface area contributed by atoms with Gasteiger partial charge >= 0.3 is 0 Å². The van der Waals surface area contributed by atoms with E-state index in [-0.39, 0.29) is 5.91 Å². The Bertz CT molecular complexity index is 469. The lowest BCUT2D eigenvalue weighted by atomic mass is 9.90. The lowest BCUT2D eigenvalue weighted by Crippen LogP contribution is -2.15. The van der Waals surface area contributed by atoms with Crippen LogP contribution in [0, 0.1) is 5.92 Å². The second kappa shape index (κ2) is 8.79. The second-order valence-electron chi connectivity index (χ2n) is 6.26. The van der Waals surface area contributed by atoms with Crippen molar-refractivity contribution in [1.82, 2.24) is 0 Å². The van der Waals surface area contributed by atoms with Gasteiger partial charge < -0.3 is 15.6 Å². The van der Waals surface area contributed by atoms with Gasteiger partial charge in [0.15, 0.2) is 0 Å².